The Bertz CT molecular complexity index is 413. The van der Waals surface area contributed by atoms with Crippen LogP contribution < -0.4 is 0 Å². The lowest BCUT2D eigenvalue weighted by Gasteiger charge is -2.19. The summed E-state index contributed by atoms with van der Waals surface area (Å²) in [6, 6.07) is 9.52. The summed E-state index contributed by atoms with van der Waals surface area (Å²) < 4.78 is 5.21. The Morgan fingerprint density at radius 2 is 2.05 bits per heavy atom. The van der Waals surface area contributed by atoms with Gasteiger partial charge in [-0.25, -0.2) is 4.79 Å². The van der Waals surface area contributed by atoms with Gasteiger partial charge in [0.15, 0.2) is 0 Å². The molecular formula is C14H20N2O4. The molecule has 1 aromatic rings. The average Bonchev–Trinajstić information content (AvgIpc) is 2.72. The molecule has 0 atom stereocenters. The van der Waals surface area contributed by atoms with E-state index in [1.807, 2.05) is 35.2 Å². The van der Waals surface area contributed by atoms with E-state index in [1.54, 1.807) is 0 Å². The van der Waals surface area contributed by atoms with E-state index in [1.165, 1.54) is 5.06 Å². The summed E-state index contributed by atoms with van der Waals surface area (Å²) in [7, 11) is 0. The summed E-state index contributed by atoms with van der Waals surface area (Å²) in [5.74, 6) is 0. The first-order chi connectivity index (χ1) is 9.79. The highest BCUT2D eigenvalue weighted by molar-refractivity contribution is 5.66. The maximum absolute atomic E-state index is 11.9. The number of hydroxylamine groups is 2. The molecule has 1 saturated heterocycles. The quantitative estimate of drug-likeness (QED) is 0.886. The molecule has 1 aliphatic heterocycles. The number of hydrogen-bond acceptors (Lipinski definition) is 5. The maximum atomic E-state index is 11.9. The van der Waals surface area contributed by atoms with Crippen LogP contribution in [0.25, 0.3) is 0 Å². The fraction of sp³-hybridized carbons (Fsp3) is 0.500. The van der Waals surface area contributed by atoms with Crippen molar-refractivity contribution in [2.45, 2.75) is 6.61 Å². The van der Waals surface area contributed by atoms with Gasteiger partial charge in [0.1, 0.15) is 6.61 Å². The van der Waals surface area contributed by atoms with Gasteiger partial charge in [-0.3, -0.25) is 9.74 Å². The van der Waals surface area contributed by atoms with Crippen molar-refractivity contribution in [3.05, 3.63) is 35.9 Å². The van der Waals surface area contributed by atoms with Gasteiger partial charge in [0.2, 0.25) is 0 Å². The lowest BCUT2D eigenvalue weighted by molar-refractivity contribution is -0.127. The fourth-order valence-electron chi connectivity index (χ4n) is 1.99. The number of ether oxygens (including phenoxy) is 1. The molecule has 110 valence electrons. The van der Waals surface area contributed by atoms with Crippen LogP contribution in [0.5, 0.6) is 0 Å². The van der Waals surface area contributed by atoms with Crippen LogP contribution in [0.1, 0.15) is 5.56 Å². The predicted molar refractivity (Wildman–Crippen MR) is 72.8 cm³/mol. The molecule has 0 unspecified atom stereocenters. The van der Waals surface area contributed by atoms with Gasteiger partial charge < -0.3 is 9.84 Å². The number of β-amino-alcohol motifs (C(OH)–C–C–N with tert-alkyl or cyclic N) is 1. The fourth-order valence-corrected chi connectivity index (χ4v) is 1.99. The zero-order valence-electron chi connectivity index (χ0n) is 11.4. The molecule has 0 bridgehead atoms. The van der Waals surface area contributed by atoms with E-state index in [-0.39, 0.29) is 13.2 Å². The van der Waals surface area contributed by atoms with Crippen molar-refractivity contribution in [1.29, 1.82) is 0 Å². The zero-order chi connectivity index (χ0) is 14.2. The number of benzene rings is 1. The van der Waals surface area contributed by atoms with Crippen LogP contribution in [0.2, 0.25) is 0 Å². The highest BCUT2D eigenvalue weighted by Crippen LogP contribution is 2.06. The van der Waals surface area contributed by atoms with Crippen molar-refractivity contribution in [2.75, 3.05) is 39.4 Å². The minimum Gasteiger partial charge on any atom is -0.443 e. The summed E-state index contributed by atoms with van der Waals surface area (Å²) in [6.45, 7) is 3.16. The molecule has 0 aromatic heterocycles. The Labute approximate surface area is 118 Å². The number of amides is 1. The largest absolute Gasteiger partial charge is 0.443 e. The number of aliphatic hydroxyl groups is 1. The summed E-state index contributed by atoms with van der Waals surface area (Å²) in [6.07, 6.45) is -0.472. The van der Waals surface area contributed by atoms with Crippen molar-refractivity contribution < 1.29 is 19.5 Å². The summed E-state index contributed by atoms with van der Waals surface area (Å²) in [5, 5.41) is 10.2. The number of aliphatic hydroxyl groups excluding tert-OH is 1. The number of carbonyl (C=O) groups is 1. The molecule has 6 nitrogen and oxygen atoms in total. The topological polar surface area (TPSA) is 62.2 Å². The minimum atomic E-state index is -0.472. The first-order valence-electron chi connectivity index (χ1n) is 6.74. The van der Waals surface area contributed by atoms with E-state index in [0.717, 1.165) is 5.56 Å². The van der Waals surface area contributed by atoms with Crippen molar-refractivity contribution >= 4 is 6.09 Å². The van der Waals surface area contributed by atoms with E-state index in [9.17, 15) is 4.79 Å². The second-order valence-corrected chi connectivity index (χ2v) is 4.54. The molecule has 2 rings (SSSR count). The Morgan fingerprint density at radius 3 is 2.80 bits per heavy atom. The van der Waals surface area contributed by atoms with Crippen LogP contribution in [-0.2, 0) is 16.2 Å². The van der Waals surface area contributed by atoms with E-state index in [0.29, 0.717) is 32.8 Å². The minimum absolute atomic E-state index is 0.110. The number of hydrogen-bond donors (Lipinski definition) is 1. The van der Waals surface area contributed by atoms with Gasteiger partial charge in [-0.15, -0.1) is 0 Å². The zero-order valence-corrected chi connectivity index (χ0v) is 11.4. The molecule has 20 heavy (non-hydrogen) atoms. The third-order valence-electron chi connectivity index (χ3n) is 3.10. The molecular weight excluding hydrogens is 260 g/mol. The number of carbonyl (C=O) groups excluding carboxylic acids is 1. The second-order valence-electron chi connectivity index (χ2n) is 4.54. The van der Waals surface area contributed by atoms with Gasteiger partial charge in [-0.2, -0.15) is 5.06 Å². The van der Waals surface area contributed by atoms with Gasteiger partial charge in [-0.1, -0.05) is 30.3 Å². The average molecular weight is 280 g/mol. The predicted octanol–water partition coefficient (Wildman–Crippen LogP) is 0.865. The monoisotopic (exact) mass is 280 g/mol. The van der Waals surface area contributed by atoms with Gasteiger partial charge in [-0.05, 0) is 5.56 Å². The molecule has 6 heteroatoms. The van der Waals surface area contributed by atoms with Crippen molar-refractivity contribution in [3.8, 4) is 0 Å². The van der Waals surface area contributed by atoms with Crippen LogP contribution in [-0.4, -0.2) is 60.6 Å². The highest BCUT2D eigenvalue weighted by Gasteiger charge is 2.21. The molecule has 1 heterocycles. The Hall–Kier alpha value is -1.63. The molecule has 0 radical (unpaired) electrons. The smallest absolute Gasteiger partial charge is 0.434 e. The molecule has 1 N–H and O–H groups in total. The summed E-state index contributed by atoms with van der Waals surface area (Å²) in [4.78, 5) is 19.3. The van der Waals surface area contributed by atoms with E-state index in [2.05, 4.69) is 0 Å². The maximum Gasteiger partial charge on any atom is 0.434 e. The molecule has 0 saturated carbocycles. The molecule has 0 spiro atoms. The van der Waals surface area contributed by atoms with Crippen LogP contribution in [0.4, 0.5) is 4.79 Å². The number of rotatable bonds is 4. The lowest BCUT2D eigenvalue weighted by Crippen LogP contribution is -2.35. The van der Waals surface area contributed by atoms with Crippen molar-refractivity contribution in [1.82, 2.24) is 9.96 Å². The Kier molecular flexibility index (Phi) is 5.79. The van der Waals surface area contributed by atoms with Crippen molar-refractivity contribution in [2.24, 2.45) is 0 Å². The number of nitrogens with zero attached hydrogens (tertiary/aromatic N) is 2. The molecule has 1 amide bonds. The van der Waals surface area contributed by atoms with Gasteiger partial charge in [0.05, 0.1) is 19.8 Å². The van der Waals surface area contributed by atoms with Crippen molar-refractivity contribution in [3.63, 3.8) is 0 Å². The van der Waals surface area contributed by atoms with E-state index >= 15 is 0 Å². The third kappa shape index (κ3) is 4.48. The Morgan fingerprint density at radius 1 is 1.25 bits per heavy atom. The first kappa shape index (κ1) is 14.8. The molecule has 1 fully saturated rings. The molecule has 1 aromatic carbocycles. The Balaban J connectivity index is 1.77. The summed E-state index contributed by atoms with van der Waals surface area (Å²) in [5.41, 5.74) is 0.942. The summed E-state index contributed by atoms with van der Waals surface area (Å²) >= 11 is 0. The normalized spacial score (nSPS) is 16.8. The van der Waals surface area contributed by atoms with Crippen LogP contribution >= 0.6 is 0 Å². The van der Waals surface area contributed by atoms with Gasteiger partial charge in [0, 0.05) is 19.6 Å². The van der Waals surface area contributed by atoms with Crippen LogP contribution in [0, 0.1) is 0 Å². The standard InChI is InChI=1S/C14H20N2O4/c17-10-8-15-6-7-16(20-11-9-15)14(18)19-12-13-4-2-1-3-5-13/h1-5,17H,6-12H2. The molecule has 1 aliphatic rings. The van der Waals surface area contributed by atoms with Gasteiger partial charge in [0.25, 0.3) is 0 Å². The third-order valence-corrected chi connectivity index (χ3v) is 3.10. The van der Waals surface area contributed by atoms with Crippen LogP contribution in [0.3, 0.4) is 0 Å². The second kappa shape index (κ2) is 7.84. The first-order valence-corrected chi connectivity index (χ1v) is 6.74. The van der Waals surface area contributed by atoms with Crippen LogP contribution in [0.15, 0.2) is 30.3 Å². The SMILES string of the molecule is O=C(OCc1ccccc1)N1CCN(CCO)CCO1. The van der Waals surface area contributed by atoms with E-state index in [4.69, 9.17) is 14.7 Å². The van der Waals surface area contributed by atoms with Gasteiger partial charge >= 0.3 is 6.09 Å². The molecule has 0 aliphatic carbocycles. The van der Waals surface area contributed by atoms with E-state index < -0.39 is 6.09 Å². The highest BCUT2D eigenvalue weighted by atomic mass is 16.7. The lowest BCUT2D eigenvalue weighted by atomic mass is 10.2.